The molecular weight excluding hydrogens is 112 g/mol. The van der Waals surface area contributed by atoms with Gasteiger partial charge in [0, 0.05) is 0 Å². The zero-order valence-electron chi connectivity index (χ0n) is 2.92. The predicted molar refractivity (Wildman–Crippen MR) is 29.7 cm³/mol. The molecule has 0 saturated carbocycles. The lowest BCUT2D eigenvalue weighted by atomic mass is 11.3. The first-order valence-corrected chi connectivity index (χ1v) is 1.24. The van der Waals surface area contributed by atoms with Crippen LogP contribution in [0.25, 0.3) is 0 Å². The summed E-state index contributed by atoms with van der Waals surface area (Å²) in [5.74, 6) is 0. The fourth-order valence-electron chi connectivity index (χ4n) is 0.0552. The van der Waals surface area contributed by atoms with Crippen molar-refractivity contribution >= 4 is 6.16 Å². The first-order valence-electron chi connectivity index (χ1n) is 1.24. The van der Waals surface area contributed by atoms with Gasteiger partial charge in [0.2, 0.25) is 0 Å². The predicted octanol–water partition coefficient (Wildman–Crippen LogP) is 0.903. The third-order valence-electron chi connectivity index (χ3n) is 0.188. The lowest BCUT2D eigenvalue weighted by Gasteiger charge is -1.86. The first-order chi connectivity index (χ1) is 2.77. The van der Waals surface area contributed by atoms with Gasteiger partial charge in [-0.1, -0.05) is 14.9 Å². The third-order valence-corrected chi connectivity index (χ3v) is 0.188. The molecule has 0 aromatic heterocycles. The molecule has 0 atom stereocenters. The molecule has 4 nitrogen and oxygen atoms in total. The van der Waals surface area contributed by atoms with Crippen LogP contribution in [0, 0.1) is 0 Å². The maximum atomic E-state index is 9.22. The Kier molecular flexibility index (Phi) is 18.7. The normalized spacial score (nSPS) is 5.62. The highest BCUT2D eigenvalue weighted by Crippen LogP contribution is 1.67. The van der Waals surface area contributed by atoms with Crippen LogP contribution in [0.2, 0.25) is 0 Å². The largest absolute Gasteiger partial charge is 0.507 e. The standard InChI is InChI=1S/C2H4O4.2CH4/c3-1-6-2(4)5;;/h3H,1H2,(H,4,5);2*1H4. The molecule has 0 fully saturated rings. The summed E-state index contributed by atoms with van der Waals surface area (Å²) in [5, 5.41) is 15.2. The van der Waals surface area contributed by atoms with E-state index in [-0.39, 0.29) is 14.9 Å². The van der Waals surface area contributed by atoms with E-state index in [1.807, 2.05) is 0 Å². The van der Waals surface area contributed by atoms with E-state index in [4.69, 9.17) is 10.2 Å². The Morgan fingerprint density at radius 1 is 1.50 bits per heavy atom. The van der Waals surface area contributed by atoms with Crippen LogP contribution in [0.5, 0.6) is 0 Å². The molecule has 0 saturated heterocycles. The van der Waals surface area contributed by atoms with Crippen molar-refractivity contribution in [2.24, 2.45) is 0 Å². The summed E-state index contributed by atoms with van der Waals surface area (Å²) in [5.41, 5.74) is 0. The second-order valence-electron chi connectivity index (χ2n) is 0.539. The van der Waals surface area contributed by atoms with Gasteiger partial charge in [-0.15, -0.1) is 0 Å². The summed E-state index contributed by atoms with van der Waals surface area (Å²) in [6, 6.07) is 0. The molecule has 0 aromatic carbocycles. The van der Waals surface area contributed by atoms with Gasteiger partial charge >= 0.3 is 6.16 Å². The van der Waals surface area contributed by atoms with E-state index >= 15 is 0 Å². The molecule has 0 unspecified atom stereocenters. The number of ether oxygens (including phenoxy) is 1. The first kappa shape index (κ1) is 15.7. The number of aliphatic hydroxyl groups excluding tert-OH is 1. The average Bonchev–Trinajstić information content (AvgIpc) is 1.35. The summed E-state index contributed by atoms with van der Waals surface area (Å²) in [6.45, 7) is -0.769. The zero-order chi connectivity index (χ0) is 4.99. The molecule has 0 aliphatic heterocycles. The van der Waals surface area contributed by atoms with E-state index < -0.39 is 12.9 Å². The van der Waals surface area contributed by atoms with Crippen LogP contribution in [-0.4, -0.2) is 23.2 Å². The van der Waals surface area contributed by atoms with E-state index in [1.165, 1.54) is 0 Å². The number of carboxylic acid groups (broad SMARTS) is 1. The number of hydrogen-bond acceptors (Lipinski definition) is 3. The SMILES string of the molecule is C.C.O=C(O)OCO. The number of rotatable bonds is 1. The minimum absolute atomic E-state index is 0. The second-order valence-corrected chi connectivity index (χ2v) is 0.539. The van der Waals surface area contributed by atoms with E-state index in [0.717, 1.165) is 0 Å². The Hall–Kier alpha value is -0.770. The van der Waals surface area contributed by atoms with Crippen LogP contribution in [0.3, 0.4) is 0 Å². The van der Waals surface area contributed by atoms with Crippen LogP contribution in [0.15, 0.2) is 0 Å². The average molecular weight is 124 g/mol. The number of hydrogen-bond donors (Lipinski definition) is 2. The molecule has 0 aromatic rings. The second kappa shape index (κ2) is 9.52. The van der Waals surface area contributed by atoms with E-state index in [0.29, 0.717) is 0 Å². The van der Waals surface area contributed by atoms with Gasteiger partial charge in [-0.3, -0.25) is 0 Å². The van der Waals surface area contributed by atoms with E-state index in [1.54, 1.807) is 0 Å². The summed E-state index contributed by atoms with van der Waals surface area (Å²) in [7, 11) is 0. The lowest BCUT2D eigenvalue weighted by molar-refractivity contribution is 0.0137. The molecule has 8 heavy (non-hydrogen) atoms. The number of aliphatic hydroxyl groups is 1. The molecule has 0 heterocycles. The van der Waals surface area contributed by atoms with Crippen molar-refractivity contribution in [3.63, 3.8) is 0 Å². The van der Waals surface area contributed by atoms with Crippen molar-refractivity contribution in [1.29, 1.82) is 0 Å². The lowest BCUT2D eigenvalue weighted by Crippen LogP contribution is -1.99. The van der Waals surface area contributed by atoms with Crippen molar-refractivity contribution in [3.05, 3.63) is 0 Å². The molecule has 0 rings (SSSR count). The Labute approximate surface area is 48.7 Å². The molecule has 0 spiro atoms. The van der Waals surface area contributed by atoms with Gasteiger partial charge in [0.1, 0.15) is 0 Å². The Morgan fingerprint density at radius 2 is 1.88 bits per heavy atom. The molecule has 4 heteroatoms. The smallest absolute Gasteiger partial charge is 0.450 e. The monoisotopic (exact) mass is 124 g/mol. The minimum Gasteiger partial charge on any atom is -0.450 e. The topological polar surface area (TPSA) is 66.8 Å². The van der Waals surface area contributed by atoms with Gasteiger partial charge in [-0.2, -0.15) is 0 Å². The summed E-state index contributed by atoms with van der Waals surface area (Å²) >= 11 is 0. The highest BCUT2D eigenvalue weighted by Gasteiger charge is 1.87. The van der Waals surface area contributed by atoms with E-state index in [2.05, 4.69) is 4.74 Å². The van der Waals surface area contributed by atoms with Crippen molar-refractivity contribution in [3.8, 4) is 0 Å². The Bertz CT molecular complexity index is 52.0. The van der Waals surface area contributed by atoms with Crippen LogP contribution >= 0.6 is 0 Å². The Morgan fingerprint density at radius 3 is 1.88 bits per heavy atom. The molecule has 0 aliphatic carbocycles. The summed E-state index contributed by atoms with van der Waals surface area (Å²) < 4.78 is 3.51. The van der Waals surface area contributed by atoms with Crippen molar-refractivity contribution in [2.75, 3.05) is 6.79 Å². The molecular formula is C4H12O4. The van der Waals surface area contributed by atoms with Gasteiger partial charge in [-0.25, -0.2) is 4.79 Å². The maximum absolute atomic E-state index is 9.22. The highest BCUT2D eigenvalue weighted by molar-refractivity contribution is 5.56. The van der Waals surface area contributed by atoms with Gasteiger partial charge in [0.15, 0.2) is 6.79 Å². The summed E-state index contributed by atoms with van der Waals surface area (Å²) in [4.78, 5) is 9.22. The van der Waals surface area contributed by atoms with Crippen LogP contribution in [0.4, 0.5) is 4.79 Å². The summed E-state index contributed by atoms with van der Waals surface area (Å²) in [6.07, 6.45) is -1.46. The Balaban J connectivity index is -0.000000125. The molecule has 0 aliphatic rings. The van der Waals surface area contributed by atoms with Crippen molar-refractivity contribution in [1.82, 2.24) is 0 Å². The third kappa shape index (κ3) is 18.8. The van der Waals surface area contributed by atoms with Gasteiger partial charge < -0.3 is 14.9 Å². The maximum Gasteiger partial charge on any atom is 0.507 e. The molecule has 0 radical (unpaired) electrons. The molecule has 0 amide bonds. The van der Waals surface area contributed by atoms with Crippen molar-refractivity contribution in [2.45, 2.75) is 14.9 Å². The molecule has 52 valence electrons. The van der Waals surface area contributed by atoms with Crippen molar-refractivity contribution < 1.29 is 19.7 Å². The van der Waals surface area contributed by atoms with Gasteiger partial charge in [-0.05, 0) is 0 Å². The van der Waals surface area contributed by atoms with Crippen LogP contribution in [-0.2, 0) is 4.74 Å². The van der Waals surface area contributed by atoms with Gasteiger partial charge in [0.05, 0.1) is 0 Å². The highest BCUT2D eigenvalue weighted by atomic mass is 16.7. The molecule has 0 bridgehead atoms. The number of carbonyl (C=O) groups is 1. The van der Waals surface area contributed by atoms with E-state index in [9.17, 15) is 4.79 Å². The minimum atomic E-state index is -1.46. The zero-order valence-corrected chi connectivity index (χ0v) is 2.92. The fourth-order valence-corrected chi connectivity index (χ4v) is 0.0552. The van der Waals surface area contributed by atoms with Crippen LogP contribution < -0.4 is 0 Å². The van der Waals surface area contributed by atoms with Gasteiger partial charge in [0.25, 0.3) is 0 Å². The quantitative estimate of drug-likeness (QED) is 0.402. The fraction of sp³-hybridized carbons (Fsp3) is 0.750. The van der Waals surface area contributed by atoms with Crippen LogP contribution in [0.1, 0.15) is 14.9 Å². The molecule has 2 N–H and O–H groups in total.